The van der Waals surface area contributed by atoms with Crippen LogP contribution < -0.4 is 5.32 Å². The molecule has 1 aliphatic heterocycles. The van der Waals surface area contributed by atoms with Crippen molar-refractivity contribution in [2.75, 3.05) is 0 Å². The number of hydrogen-bond acceptors (Lipinski definition) is 4. The van der Waals surface area contributed by atoms with Gasteiger partial charge in [0.15, 0.2) is 0 Å². The molecule has 0 radical (unpaired) electrons. The highest BCUT2D eigenvalue weighted by Gasteiger charge is 2.52. The van der Waals surface area contributed by atoms with Crippen LogP contribution in [0.5, 0.6) is 0 Å². The number of nitrogens with one attached hydrogen (secondary N) is 1. The molecule has 1 spiro atoms. The Morgan fingerprint density at radius 1 is 1.02 bits per heavy atom. The van der Waals surface area contributed by atoms with E-state index < -0.39 is 17.7 Å². The standard InChI is InChI=1S/C35H45Cl2N3O4/c1-21(2)7-12-29(23-8-10-24(11-9-23)32(43)38-22(3)17-30(41)42)40-33(44)31(25-18-27(36)20-28(37)19-25)39-35(40)15-13-26(14-16-35)34(4,5)6/h8-11,18-22,26,29H,7,12-17H2,1-6H3,(H,38,43)(H,41,42)/t22-,26?,29+,35?/m0/s1. The minimum atomic E-state index is -0.969. The Labute approximate surface area is 271 Å². The zero-order valence-electron chi connectivity index (χ0n) is 26.6. The van der Waals surface area contributed by atoms with E-state index in [9.17, 15) is 14.4 Å². The normalized spacial score (nSPS) is 21.8. The average Bonchev–Trinajstić information content (AvgIpc) is 3.19. The maximum atomic E-state index is 14.5. The van der Waals surface area contributed by atoms with Crippen LogP contribution in [0.1, 0.15) is 114 Å². The van der Waals surface area contributed by atoms with E-state index in [2.05, 4.69) is 39.9 Å². The second kappa shape index (κ2) is 13.6. The lowest BCUT2D eigenvalue weighted by atomic mass is 9.69. The van der Waals surface area contributed by atoms with Gasteiger partial charge in [0.25, 0.3) is 11.8 Å². The molecule has 9 heteroatoms. The van der Waals surface area contributed by atoms with Crippen LogP contribution in [0.25, 0.3) is 0 Å². The summed E-state index contributed by atoms with van der Waals surface area (Å²) in [6.07, 6.45) is 4.94. The number of carboxylic acids is 1. The summed E-state index contributed by atoms with van der Waals surface area (Å²) in [5.74, 6) is -0.475. The molecule has 2 aromatic rings. The van der Waals surface area contributed by atoms with Crippen LogP contribution in [0.15, 0.2) is 47.5 Å². The number of carbonyl (C=O) groups is 3. The van der Waals surface area contributed by atoms with Crippen molar-refractivity contribution in [1.29, 1.82) is 0 Å². The number of rotatable bonds is 10. The van der Waals surface area contributed by atoms with Crippen molar-refractivity contribution >= 4 is 46.7 Å². The smallest absolute Gasteiger partial charge is 0.305 e. The summed E-state index contributed by atoms with van der Waals surface area (Å²) in [6.45, 7) is 12.9. The topological polar surface area (TPSA) is 99.1 Å². The summed E-state index contributed by atoms with van der Waals surface area (Å²) >= 11 is 12.7. The van der Waals surface area contributed by atoms with Crippen molar-refractivity contribution in [3.05, 3.63) is 69.2 Å². The third-order valence-electron chi connectivity index (χ3n) is 9.08. The van der Waals surface area contributed by atoms with Crippen LogP contribution in [-0.2, 0) is 9.59 Å². The van der Waals surface area contributed by atoms with Gasteiger partial charge in [-0.2, -0.15) is 0 Å². The van der Waals surface area contributed by atoms with Gasteiger partial charge in [-0.3, -0.25) is 19.4 Å². The quantitative estimate of drug-likeness (QED) is 0.272. The number of carbonyl (C=O) groups excluding carboxylic acids is 2. The Morgan fingerprint density at radius 3 is 2.14 bits per heavy atom. The predicted molar refractivity (Wildman–Crippen MR) is 176 cm³/mol. The molecule has 4 rings (SSSR count). The first-order valence-electron chi connectivity index (χ1n) is 15.6. The van der Waals surface area contributed by atoms with Gasteiger partial charge in [0.2, 0.25) is 0 Å². The monoisotopic (exact) mass is 641 g/mol. The van der Waals surface area contributed by atoms with Crippen LogP contribution >= 0.6 is 23.2 Å². The van der Waals surface area contributed by atoms with Gasteiger partial charge >= 0.3 is 5.97 Å². The second-order valence-corrected chi connectivity index (χ2v) is 14.9. The largest absolute Gasteiger partial charge is 0.481 e. The van der Waals surface area contributed by atoms with Gasteiger partial charge in [-0.15, -0.1) is 0 Å². The first-order valence-corrected chi connectivity index (χ1v) is 16.4. The molecule has 0 bridgehead atoms. The lowest BCUT2D eigenvalue weighted by molar-refractivity contribution is -0.137. The van der Waals surface area contributed by atoms with Crippen molar-refractivity contribution in [1.82, 2.24) is 10.2 Å². The molecule has 2 amide bonds. The molecular weight excluding hydrogens is 597 g/mol. The van der Waals surface area contributed by atoms with Gasteiger partial charge in [0.1, 0.15) is 11.4 Å². The maximum Gasteiger partial charge on any atom is 0.305 e. The van der Waals surface area contributed by atoms with E-state index in [1.54, 1.807) is 37.3 Å². The van der Waals surface area contributed by atoms with E-state index in [1.807, 2.05) is 17.0 Å². The first-order chi connectivity index (χ1) is 20.6. The van der Waals surface area contributed by atoms with Gasteiger partial charge in [0, 0.05) is 27.2 Å². The molecular formula is C35H45Cl2N3O4. The van der Waals surface area contributed by atoms with Gasteiger partial charge in [-0.1, -0.05) is 70.0 Å². The Kier molecular flexibility index (Phi) is 10.5. The molecule has 1 aliphatic carbocycles. The SMILES string of the molecule is CC(C)CC[C@H](c1ccc(C(=O)N[C@@H](C)CC(=O)O)cc1)N1C(=O)C(c2cc(Cl)cc(Cl)c2)=NC12CCC(C(C)(C)C)CC2. The molecule has 0 aromatic heterocycles. The molecule has 2 aromatic carbocycles. The van der Waals surface area contributed by atoms with E-state index >= 15 is 0 Å². The lowest BCUT2D eigenvalue weighted by Gasteiger charge is -2.47. The summed E-state index contributed by atoms with van der Waals surface area (Å²) in [6, 6.07) is 11.7. The highest BCUT2D eigenvalue weighted by atomic mass is 35.5. The van der Waals surface area contributed by atoms with Crippen molar-refractivity contribution < 1.29 is 19.5 Å². The fourth-order valence-corrected chi connectivity index (χ4v) is 7.16. The van der Waals surface area contributed by atoms with Crippen LogP contribution in [0.3, 0.4) is 0 Å². The Morgan fingerprint density at radius 2 is 1.61 bits per heavy atom. The highest BCUT2D eigenvalue weighted by molar-refractivity contribution is 6.47. The Balaban J connectivity index is 1.73. The molecule has 2 N–H and O–H groups in total. The molecule has 2 aliphatic rings. The van der Waals surface area contributed by atoms with Crippen molar-refractivity contribution in [2.24, 2.45) is 22.2 Å². The zero-order chi connectivity index (χ0) is 32.4. The highest BCUT2D eigenvalue weighted by Crippen LogP contribution is 2.50. The predicted octanol–water partition coefficient (Wildman–Crippen LogP) is 8.33. The molecule has 7 nitrogen and oxygen atoms in total. The van der Waals surface area contributed by atoms with Gasteiger partial charge in [-0.25, -0.2) is 0 Å². The fourth-order valence-electron chi connectivity index (χ4n) is 6.63. The molecule has 2 atom stereocenters. The first kappa shape index (κ1) is 34.0. The lowest BCUT2D eigenvalue weighted by Crippen LogP contribution is -2.51. The average molecular weight is 643 g/mol. The molecule has 1 fully saturated rings. The van der Waals surface area contributed by atoms with Gasteiger partial charge < -0.3 is 15.3 Å². The van der Waals surface area contributed by atoms with Crippen molar-refractivity contribution in [3.8, 4) is 0 Å². The number of amides is 2. The Hall–Kier alpha value is -2.90. The van der Waals surface area contributed by atoms with E-state index in [0.29, 0.717) is 38.7 Å². The molecule has 0 saturated heterocycles. The van der Waals surface area contributed by atoms with Crippen molar-refractivity contribution in [3.63, 3.8) is 0 Å². The van der Waals surface area contributed by atoms with Gasteiger partial charge in [-0.05, 0) is 98.6 Å². The molecule has 1 heterocycles. The number of benzene rings is 2. The van der Waals surface area contributed by atoms with Crippen LogP contribution in [-0.4, -0.2) is 45.2 Å². The second-order valence-electron chi connectivity index (χ2n) is 14.0. The van der Waals surface area contributed by atoms with Crippen molar-refractivity contribution in [2.45, 2.75) is 104 Å². The number of halogens is 2. The number of carboxylic acid groups (broad SMARTS) is 1. The number of hydrogen-bond donors (Lipinski definition) is 2. The number of nitrogens with zero attached hydrogens (tertiary/aromatic N) is 2. The number of aliphatic imine (C=N–C) groups is 1. The molecule has 44 heavy (non-hydrogen) atoms. The van der Waals surface area contributed by atoms with Crippen LogP contribution in [0, 0.1) is 17.3 Å². The number of aliphatic carboxylic acids is 1. The van der Waals surface area contributed by atoms with E-state index in [4.69, 9.17) is 33.3 Å². The minimum Gasteiger partial charge on any atom is -0.481 e. The maximum absolute atomic E-state index is 14.5. The van der Waals surface area contributed by atoms with Crippen LogP contribution in [0.2, 0.25) is 10.0 Å². The van der Waals surface area contributed by atoms with E-state index in [0.717, 1.165) is 44.1 Å². The minimum absolute atomic E-state index is 0.129. The summed E-state index contributed by atoms with van der Waals surface area (Å²) in [5, 5.41) is 12.7. The fraction of sp³-hybridized carbons (Fsp3) is 0.543. The zero-order valence-corrected chi connectivity index (χ0v) is 28.1. The van der Waals surface area contributed by atoms with E-state index in [1.165, 1.54) is 0 Å². The summed E-state index contributed by atoms with van der Waals surface area (Å²) in [4.78, 5) is 45.7. The van der Waals surface area contributed by atoms with Crippen LogP contribution in [0.4, 0.5) is 0 Å². The van der Waals surface area contributed by atoms with Gasteiger partial charge in [0.05, 0.1) is 12.5 Å². The molecule has 238 valence electrons. The summed E-state index contributed by atoms with van der Waals surface area (Å²) in [5.41, 5.74) is 1.86. The van der Waals surface area contributed by atoms with E-state index in [-0.39, 0.29) is 29.7 Å². The Bertz CT molecular complexity index is 1390. The third kappa shape index (κ3) is 7.84. The summed E-state index contributed by atoms with van der Waals surface area (Å²) in [7, 11) is 0. The summed E-state index contributed by atoms with van der Waals surface area (Å²) < 4.78 is 0. The third-order valence-corrected chi connectivity index (χ3v) is 9.52. The molecule has 0 unspecified atom stereocenters. The molecule has 1 saturated carbocycles.